The minimum atomic E-state index is -4.96. The highest BCUT2D eigenvalue weighted by Gasteiger charge is 2.30. The molecular formula is C82H160O17P2. The minimum Gasteiger partial charge on any atom is -0.462 e. The van der Waals surface area contributed by atoms with E-state index >= 15 is 0 Å². The molecule has 0 saturated heterocycles. The molecule has 17 nitrogen and oxygen atoms in total. The van der Waals surface area contributed by atoms with Gasteiger partial charge in [-0.3, -0.25) is 37.3 Å². The third-order valence-electron chi connectivity index (χ3n) is 19.4. The van der Waals surface area contributed by atoms with Crippen LogP contribution in [0.1, 0.15) is 421 Å². The smallest absolute Gasteiger partial charge is 0.462 e. The molecule has 0 aliphatic heterocycles. The van der Waals surface area contributed by atoms with Gasteiger partial charge in [-0.15, -0.1) is 0 Å². The van der Waals surface area contributed by atoms with Gasteiger partial charge in [-0.05, 0) is 49.4 Å². The summed E-state index contributed by atoms with van der Waals surface area (Å²) in [6, 6.07) is 0. The van der Waals surface area contributed by atoms with Crippen molar-refractivity contribution >= 4 is 39.5 Å². The highest BCUT2D eigenvalue weighted by atomic mass is 31.2. The van der Waals surface area contributed by atoms with Crippen molar-refractivity contribution in [2.24, 2.45) is 23.7 Å². The molecule has 101 heavy (non-hydrogen) atoms. The van der Waals surface area contributed by atoms with Crippen LogP contribution in [-0.4, -0.2) is 96.7 Å². The standard InChI is InChI=1S/C82H160O17P2/c1-9-75(8)61-53-45-40-41-47-55-63-80(85)93-69-78(99-82(87)65-57-49-39-33-27-19-15-11-13-17-23-29-35-43-51-59-73(4)5)71-97-101(90,91)95-67-76(83)66-94-100(88,89)96-70-77(68-92-79(84)62-54-46-37-31-25-21-20-24-30-36-44-52-60-74(6)7)98-81(86)64-56-48-38-32-26-18-14-10-12-16-22-28-34-42-50-58-72(2)3/h72-78,83H,9-71H2,1-8H3,(H,88,89)(H,90,91)/t75?,76-,77-,78-/m1/s1. The van der Waals surface area contributed by atoms with Crippen molar-refractivity contribution in [1.29, 1.82) is 0 Å². The van der Waals surface area contributed by atoms with Crippen molar-refractivity contribution in [2.45, 2.75) is 440 Å². The minimum absolute atomic E-state index is 0.107. The molecule has 0 bridgehead atoms. The van der Waals surface area contributed by atoms with E-state index in [4.69, 9.17) is 37.0 Å². The summed E-state index contributed by atoms with van der Waals surface area (Å²) in [6.45, 7) is 14.3. The SMILES string of the molecule is CCC(C)CCCCCCCCC(=O)OC[C@H](COP(=O)(O)OC[C@H](O)COP(=O)(O)OC[C@@H](COC(=O)CCCCCCCCCCCCCCC(C)C)OC(=O)CCCCCCCCCCCCCCCCCC(C)C)OC(=O)CCCCCCCCCCCCCCCCCC(C)C. The molecule has 0 saturated carbocycles. The fourth-order valence-corrected chi connectivity index (χ4v) is 14.2. The molecule has 0 fully saturated rings. The summed E-state index contributed by atoms with van der Waals surface area (Å²) < 4.78 is 68.8. The summed E-state index contributed by atoms with van der Waals surface area (Å²) in [4.78, 5) is 73.1. The van der Waals surface area contributed by atoms with Crippen LogP contribution in [0.15, 0.2) is 0 Å². The maximum atomic E-state index is 13.1. The van der Waals surface area contributed by atoms with Gasteiger partial charge in [-0.1, -0.05) is 370 Å². The molecule has 0 heterocycles. The number of phosphoric acid groups is 2. The zero-order valence-corrected chi connectivity index (χ0v) is 68.3. The number of carbonyl (C=O) groups is 4. The van der Waals surface area contributed by atoms with E-state index in [-0.39, 0.29) is 25.7 Å². The van der Waals surface area contributed by atoms with Gasteiger partial charge in [0.05, 0.1) is 26.4 Å². The Kier molecular flexibility index (Phi) is 69.6. The van der Waals surface area contributed by atoms with Crippen LogP contribution >= 0.6 is 15.6 Å². The van der Waals surface area contributed by atoms with Crippen LogP contribution in [0, 0.1) is 23.7 Å². The normalized spacial score (nSPS) is 14.3. The van der Waals surface area contributed by atoms with Gasteiger partial charge < -0.3 is 33.8 Å². The first-order valence-electron chi connectivity index (χ1n) is 42.2. The van der Waals surface area contributed by atoms with Crippen LogP contribution in [0.2, 0.25) is 0 Å². The number of carbonyl (C=O) groups excluding carboxylic acids is 4. The van der Waals surface area contributed by atoms with E-state index in [2.05, 4.69) is 55.4 Å². The van der Waals surface area contributed by atoms with E-state index < -0.39 is 97.5 Å². The van der Waals surface area contributed by atoms with Crippen molar-refractivity contribution in [3.63, 3.8) is 0 Å². The number of unbranched alkanes of at least 4 members (excludes halogenated alkanes) is 44. The molecule has 0 aromatic heterocycles. The third-order valence-corrected chi connectivity index (χ3v) is 21.3. The van der Waals surface area contributed by atoms with Crippen molar-refractivity contribution in [1.82, 2.24) is 0 Å². The Morgan fingerprint density at radius 3 is 0.703 bits per heavy atom. The molecule has 0 spiro atoms. The molecule has 0 aliphatic carbocycles. The van der Waals surface area contributed by atoms with E-state index in [0.29, 0.717) is 25.7 Å². The van der Waals surface area contributed by atoms with Gasteiger partial charge in [-0.25, -0.2) is 9.13 Å². The second kappa shape index (κ2) is 71.0. The second-order valence-electron chi connectivity index (χ2n) is 31.2. The maximum Gasteiger partial charge on any atom is 0.472 e. The average molecular weight is 1480 g/mol. The molecule has 3 unspecified atom stereocenters. The van der Waals surface area contributed by atoms with Crippen molar-refractivity contribution in [2.75, 3.05) is 39.6 Å². The number of phosphoric ester groups is 2. The summed E-state index contributed by atoms with van der Waals surface area (Å²) in [5.74, 6) is 1.00. The maximum absolute atomic E-state index is 13.1. The number of rotatable bonds is 79. The number of aliphatic hydroxyl groups excluding tert-OH is 1. The highest BCUT2D eigenvalue weighted by Crippen LogP contribution is 2.45. The predicted octanol–water partition coefficient (Wildman–Crippen LogP) is 24.4. The first-order chi connectivity index (χ1) is 48.6. The van der Waals surface area contributed by atoms with Crippen molar-refractivity contribution in [3.05, 3.63) is 0 Å². The molecule has 0 aromatic carbocycles. The monoisotopic (exact) mass is 1480 g/mol. The second-order valence-corrected chi connectivity index (χ2v) is 34.1. The fraction of sp³-hybridized carbons (Fsp3) is 0.951. The van der Waals surface area contributed by atoms with Crippen molar-refractivity contribution in [3.8, 4) is 0 Å². The summed E-state index contributed by atoms with van der Waals surface area (Å²) in [5, 5.41) is 10.7. The Bertz CT molecular complexity index is 1970. The molecule has 0 amide bonds. The molecule has 0 aromatic rings. The van der Waals surface area contributed by atoms with Crippen LogP contribution in [0.25, 0.3) is 0 Å². The van der Waals surface area contributed by atoms with Gasteiger partial charge in [-0.2, -0.15) is 0 Å². The van der Waals surface area contributed by atoms with E-state index in [0.717, 1.165) is 120 Å². The summed E-state index contributed by atoms with van der Waals surface area (Å²) >= 11 is 0. The third kappa shape index (κ3) is 74.7. The topological polar surface area (TPSA) is 237 Å². The summed E-state index contributed by atoms with van der Waals surface area (Å²) in [7, 11) is -9.92. The van der Waals surface area contributed by atoms with Gasteiger partial charge in [0, 0.05) is 25.7 Å². The van der Waals surface area contributed by atoms with Crippen LogP contribution < -0.4 is 0 Å². The zero-order chi connectivity index (χ0) is 74.6. The average Bonchev–Trinajstić information content (AvgIpc) is 0.934. The van der Waals surface area contributed by atoms with Gasteiger partial charge in [0.2, 0.25) is 0 Å². The molecule has 0 aliphatic rings. The zero-order valence-electron chi connectivity index (χ0n) is 66.5. The lowest BCUT2D eigenvalue weighted by Gasteiger charge is -2.21. The lowest BCUT2D eigenvalue weighted by atomic mass is 10.00. The Balaban J connectivity index is 5.24. The van der Waals surface area contributed by atoms with Gasteiger partial charge >= 0.3 is 39.5 Å². The molecule has 0 radical (unpaired) electrons. The lowest BCUT2D eigenvalue weighted by molar-refractivity contribution is -0.161. The van der Waals surface area contributed by atoms with Gasteiger partial charge in [0.15, 0.2) is 12.2 Å². The lowest BCUT2D eigenvalue weighted by Crippen LogP contribution is -2.30. The van der Waals surface area contributed by atoms with E-state index in [9.17, 15) is 43.2 Å². The van der Waals surface area contributed by atoms with Gasteiger partial charge in [0.25, 0.3) is 0 Å². The number of hydrogen-bond acceptors (Lipinski definition) is 15. The molecule has 3 N–H and O–H groups in total. The van der Waals surface area contributed by atoms with Crippen LogP contribution in [0.3, 0.4) is 0 Å². The summed E-state index contributed by atoms with van der Waals surface area (Å²) in [6.07, 6.45) is 58.3. The van der Waals surface area contributed by atoms with Gasteiger partial charge in [0.1, 0.15) is 19.3 Å². The van der Waals surface area contributed by atoms with E-state index in [1.54, 1.807) is 0 Å². The molecule has 0 rings (SSSR count). The first-order valence-corrected chi connectivity index (χ1v) is 45.2. The number of ether oxygens (including phenoxy) is 4. The van der Waals surface area contributed by atoms with Crippen LogP contribution in [0.4, 0.5) is 0 Å². The van der Waals surface area contributed by atoms with Crippen LogP contribution in [-0.2, 0) is 65.4 Å². The van der Waals surface area contributed by atoms with Crippen LogP contribution in [0.5, 0.6) is 0 Å². The molecule has 19 heteroatoms. The Labute approximate surface area is 619 Å². The fourth-order valence-electron chi connectivity index (χ4n) is 12.6. The number of hydrogen-bond donors (Lipinski definition) is 3. The first kappa shape index (κ1) is 99.1. The Hall–Kier alpha value is -1.94. The molecule has 600 valence electrons. The Morgan fingerprint density at radius 2 is 0.475 bits per heavy atom. The van der Waals surface area contributed by atoms with Crippen molar-refractivity contribution < 1.29 is 80.2 Å². The highest BCUT2D eigenvalue weighted by molar-refractivity contribution is 7.47. The number of esters is 4. The van der Waals surface area contributed by atoms with E-state index in [1.165, 1.54) is 218 Å². The predicted molar refractivity (Wildman–Crippen MR) is 414 cm³/mol. The molecule has 6 atom stereocenters. The molecular weight excluding hydrogens is 1320 g/mol. The Morgan fingerprint density at radius 1 is 0.277 bits per heavy atom. The summed E-state index contributed by atoms with van der Waals surface area (Å²) in [5.41, 5.74) is 0. The number of aliphatic hydroxyl groups is 1. The van der Waals surface area contributed by atoms with E-state index in [1.807, 2.05) is 0 Å². The quantitative estimate of drug-likeness (QED) is 0.0222. The largest absolute Gasteiger partial charge is 0.472 e.